The molecule has 2 aromatic rings. The van der Waals surface area contributed by atoms with Crippen LogP contribution in [0.4, 0.5) is 5.69 Å². The summed E-state index contributed by atoms with van der Waals surface area (Å²) in [5, 5.41) is 12.1. The van der Waals surface area contributed by atoms with Crippen molar-refractivity contribution in [3.05, 3.63) is 78.5 Å². The van der Waals surface area contributed by atoms with Crippen LogP contribution in [0.25, 0.3) is 11.1 Å². The maximum absolute atomic E-state index is 14.0. The summed E-state index contributed by atoms with van der Waals surface area (Å²) >= 11 is 0. The first-order valence-electron chi connectivity index (χ1n) is 12.7. The van der Waals surface area contributed by atoms with Crippen LogP contribution in [0.1, 0.15) is 27.2 Å². The second-order valence-electron chi connectivity index (χ2n) is 9.78. The lowest BCUT2D eigenvalue weighted by Gasteiger charge is -2.35. The molecule has 2 heterocycles. The zero-order chi connectivity index (χ0) is 26.5. The number of likely N-dealkylation sites (N-methyl/N-ethyl adjacent to an activating group) is 1. The highest BCUT2D eigenvalue weighted by Crippen LogP contribution is 2.33. The fraction of sp³-hybridized carbons (Fsp3) is 0.345. The molecular weight excluding hydrogens is 466 g/mol. The number of allylic oxidation sites excluding steroid dienone is 2. The van der Waals surface area contributed by atoms with Crippen LogP contribution in [0.2, 0.25) is 0 Å². The van der Waals surface area contributed by atoms with Crippen LogP contribution in [-0.4, -0.2) is 54.0 Å². The van der Waals surface area contributed by atoms with Gasteiger partial charge in [-0.1, -0.05) is 68.5 Å². The van der Waals surface area contributed by atoms with Crippen molar-refractivity contribution in [1.82, 2.24) is 20.9 Å². The van der Waals surface area contributed by atoms with E-state index in [1.165, 1.54) is 0 Å². The molecule has 0 aromatic heterocycles. The summed E-state index contributed by atoms with van der Waals surface area (Å²) in [5.41, 5.74) is 3.51. The third-order valence-corrected chi connectivity index (χ3v) is 6.94. The van der Waals surface area contributed by atoms with E-state index in [-0.39, 0.29) is 23.6 Å². The number of carbonyl (C=O) groups excluding carboxylic acids is 3. The molecule has 8 nitrogen and oxygen atoms in total. The molecule has 1 saturated heterocycles. The Morgan fingerprint density at radius 1 is 1.00 bits per heavy atom. The summed E-state index contributed by atoms with van der Waals surface area (Å²) in [6, 6.07) is 15.5. The molecule has 1 fully saturated rings. The maximum Gasteiger partial charge on any atom is 0.248 e. The van der Waals surface area contributed by atoms with Gasteiger partial charge in [-0.3, -0.25) is 14.4 Å². The van der Waals surface area contributed by atoms with E-state index in [1.807, 2.05) is 80.6 Å². The first kappa shape index (κ1) is 26.2. The molecule has 4 rings (SSSR count). The minimum Gasteiger partial charge on any atom is -0.368 e. The Labute approximate surface area is 218 Å². The third-order valence-electron chi connectivity index (χ3n) is 6.94. The molecule has 3 amide bonds. The Morgan fingerprint density at radius 3 is 2.41 bits per heavy atom. The van der Waals surface area contributed by atoms with Crippen molar-refractivity contribution < 1.29 is 14.4 Å². The average molecular weight is 502 g/mol. The van der Waals surface area contributed by atoms with Crippen molar-refractivity contribution in [2.45, 2.75) is 51.5 Å². The fourth-order valence-corrected chi connectivity index (χ4v) is 4.72. The van der Waals surface area contributed by atoms with E-state index >= 15 is 0 Å². The molecule has 1 unspecified atom stereocenters. The molecule has 2 aliphatic heterocycles. The van der Waals surface area contributed by atoms with Crippen molar-refractivity contribution in [1.29, 1.82) is 0 Å². The highest BCUT2D eigenvalue weighted by Gasteiger charge is 2.46. The lowest BCUT2D eigenvalue weighted by molar-refractivity contribution is -0.143. The molecule has 4 N–H and O–H groups in total. The second-order valence-corrected chi connectivity index (χ2v) is 9.78. The van der Waals surface area contributed by atoms with Gasteiger partial charge < -0.3 is 26.2 Å². The Kier molecular flexibility index (Phi) is 8.08. The zero-order valence-electron chi connectivity index (χ0n) is 21.7. The maximum atomic E-state index is 14.0. The number of fused-ring (bicyclic) bond motifs is 1. The number of likely N-dealkylation sites (tertiary alicyclic amines) is 1. The summed E-state index contributed by atoms with van der Waals surface area (Å²) < 4.78 is 0. The Bertz CT molecular complexity index is 1210. The number of nitrogens with zero attached hydrogens (tertiary/aromatic N) is 1. The molecule has 2 aromatic carbocycles. The number of amides is 3. The normalized spacial score (nSPS) is 19.9. The number of benzene rings is 2. The molecule has 0 aliphatic carbocycles. The smallest absolute Gasteiger partial charge is 0.248 e. The van der Waals surface area contributed by atoms with Crippen molar-refractivity contribution in [2.75, 3.05) is 12.4 Å². The summed E-state index contributed by atoms with van der Waals surface area (Å²) in [5.74, 6) is -1.00. The highest BCUT2D eigenvalue weighted by atomic mass is 16.2. The van der Waals surface area contributed by atoms with Gasteiger partial charge in [-0.25, -0.2) is 0 Å². The Hall–Kier alpha value is -3.91. The Balaban J connectivity index is 1.62. The SMILES string of the molecule is CN[C@@H](C)C(=O)N[C@H](C(=O)N1C2NC=CC=C2C[C@H]1C(=O)Nc1ccccc1-c1ccccc1)C(C)C. The van der Waals surface area contributed by atoms with E-state index in [0.717, 1.165) is 16.7 Å². The van der Waals surface area contributed by atoms with E-state index < -0.39 is 24.3 Å². The summed E-state index contributed by atoms with van der Waals surface area (Å²) in [6.45, 7) is 5.51. The number of dihydropyridines is 1. The molecule has 2 aliphatic rings. The quantitative estimate of drug-likeness (QED) is 0.445. The molecule has 0 radical (unpaired) electrons. The molecular formula is C29H35N5O3. The standard InChI is InChI=1S/C29H35N5O3/c1-18(2)25(33-27(35)19(3)30-4)29(37)34-24(17-21-13-10-16-31-26(21)34)28(36)32-23-15-9-8-14-22(23)20-11-6-5-7-12-20/h5-16,18-19,24-26,30-31H,17H2,1-4H3,(H,32,36)(H,33,35)/t19-,24-,25-,26?/m0/s1. The average Bonchev–Trinajstić information content (AvgIpc) is 3.31. The number of hydrogen-bond donors (Lipinski definition) is 4. The van der Waals surface area contributed by atoms with Crippen LogP contribution in [0, 0.1) is 5.92 Å². The van der Waals surface area contributed by atoms with Gasteiger partial charge in [0.2, 0.25) is 17.7 Å². The van der Waals surface area contributed by atoms with Crippen LogP contribution < -0.4 is 21.3 Å². The highest BCUT2D eigenvalue weighted by molar-refractivity contribution is 6.02. The van der Waals surface area contributed by atoms with Crippen LogP contribution in [0.15, 0.2) is 78.5 Å². The van der Waals surface area contributed by atoms with E-state index in [2.05, 4.69) is 21.3 Å². The minimum atomic E-state index is -0.776. The van der Waals surface area contributed by atoms with Crippen molar-refractivity contribution in [3.63, 3.8) is 0 Å². The van der Waals surface area contributed by atoms with Gasteiger partial charge in [0.15, 0.2) is 0 Å². The number of anilines is 1. The van der Waals surface area contributed by atoms with Crippen molar-refractivity contribution >= 4 is 23.4 Å². The van der Waals surface area contributed by atoms with Gasteiger partial charge in [-0.2, -0.15) is 0 Å². The number of para-hydroxylation sites is 1. The van der Waals surface area contributed by atoms with Gasteiger partial charge in [0.05, 0.1) is 6.04 Å². The summed E-state index contributed by atoms with van der Waals surface area (Å²) in [7, 11) is 1.69. The van der Waals surface area contributed by atoms with Gasteiger partial charge in [-0.05, 0) is 49.4 Å². The van der Waals surface area contributed by atoms with Gasteiger partial charge >= 0.3 is 0 Å². The monoisotopic (exact) mass is 501 g/mol. The minimum absolute atomic E-state index is 0.171. The first-order valence-corrected chi connectivity index (χ1v) is 12.7. The van der Waals surface area contributed by atoms with Crippen LogP contribution >= 0.6 is 0 Å². The van der Waals surface area contributed by atoms with Crippen LogP contribution in [0.5, 0.6) is 0 Å². The molecule has 37 heavy (non-hydrogen) atoms. The van der Waals surface area contributed by atoms with Gasteiger partial charge in [0.1, 0.15) is 18.2 Å². The predicted octanol–water partition coefficient (Wildman–Crippen LogP) is 3.01. The van der Waals surface area contributed by atoms with Gasteiger partial charge in [0, 0.05) is 17.7 Å². The van der Waals surface area contributed by atoms with Crippen molar-refractivity contribution in [2.24, 2.45) is 5.92 Å². The zero-order valence-corrected chi connectivity index (χ0v) is 21.7. The molecule has 0 saturated carbocycles. The first-order chi connectivity index (χ1) is 17.8. The lowest BCUT2D eigenvalue weighted by atomic mass is 10.0. The van der Waals surface area contributed by atoms with E-state index in [1.54, 1.807) is 25.1 Å². The molecule has 0 bridgehead atoms. The van der Waals surface area contributed by atoms with E-state index in [9.17, 15) is 14.4 Å². The fourth-order valence-electron chi connectivity index (χ4n) is 4.72. The molecule has 8 heteroatoms. The van der Waals surface area contributed by atoms with E-state index in [0.29, 0.717) is 12.1 Å². The topological polar surface area (TPSA) is 103 Å². The van der Waals surface area contributed by atoms with Crippen molar-refractivity contribution in [3.8, 4) is 11.1 Å². The van der Waals surface area contributed by atoms with Gasteiger partial charge in [0.25, 0.3) is 0 Å². The van der Waals surface area contributed by atoms with Gasteiger partial charge in [-0.15, -0.1) is 0 Å². The second kappa shape index (κ2) is 11.4. The molecule has 194 valence electrons. The molecule has 0 spiro atoms. The summed E-state index contributed by atoms with van der Waals surface area (Å²) in [4.78, 5) is 42.0. The predicted molar refractivity (Wildman–Crippen MR) is 145 cm³/mol. The number of hydrogen-bond acceptors (Lipinski definition) is 5. The molecule has 4 atom stereocenters. The lowest BCUT2D eigenvalue weighted by Crippen LogP contribution is -2.60. The third kappa shape index (κ3) is 5.59. The van der Waals surface area contributed by atoms with E-state index in [4.69, 9.17) is 0 Å². The number of rotatable bonds is 8. The van der Waals surface area contributed by atoms with Crippen LogP contribution in [-0.2, 0) is 14.4 Å². The number of carbonyl (C=O) groups is 3. The Morgan fingerprint density at radius 2 is 1.70 bits per heavy atom. The number of nitrogens with one attached hydrogen (secondary N) is 4. The summed E-state index contributed by atoms with van der Waals surface area (Å²) in [6.07, 6.45) is 5.54. The van der Waals surface area contributed by atoms with Crippen LogP contribution in [0.3, 0.4) is 0 Å². The largest absolute Gasteiger partial charge is 0.368 e.